The highest BCUT2D eigenvalue weighted by Crippen LogP contribution is 2.31. The fourth-order valence-electron chi connectivity index (χ4n) is 4.03. The van der Waals surface area contributed by atoms with Crippen molar-refractivity contribution >= 4 is 27.5 Å². The van der Waals surface area contributed by atoms with E-state index in [2.05, 4.69) is 10.3 Å². The molecular weight excluding hydrogens is 543 g/mol. The van der Waals surface area contributed by atoms with E-state index in [4.69, 9.17) is 4.74 Å². The molecule has 2 heterocycles. The van der Waals surface area contributed by atoms with E-state index in [0.717, 1.165) is 4.31 Å². The van der Waals surface area contributed by atoms with Crippen LogP contribution >= 0.6 is 0 Å². The number of hydrogen-bond acceptors (Lipinski definition) is 7. The van der Waals surface area contributed by atoms with Crippen LogP contribution in [0.2, 0.25) is 0 Å². The van der Waals surface area contributed by atoms with Gasteiger partial charge in [-0.3, -0.25) is 9.59 Å². The SMILES string of the molecule is C[C@@H]1CN([C@@H](C)CO)C(=O)c2cc(NC(=O)CCC(F)(F)F)ccc2O[C@@H]1CN(C)S(=O)(=O)c1cn(C)cn1. The van der Waals surface area contributed by atoms with Gasteiger partial charge in [-0.25, -0.2) is 13.4 Å². The highest BCUT2D eigenvalue weighted by molar-refractivity contribution is 7.89. The summed E-state index contributed by atoms with van der Waals surface area (Å²) in [6.45, 7) is 3.11. The number of carbonyl (C=O) groups excluding carboxylic acids is 2. The minimum absolute atomic E-state index is 0.0102. The summed E-state index contributed by atoms with van der Waals surface area (Å²) in [6, 6.07) is 3.47. The molecule has 1 aliphatic rings. The molecule has 0 saturated carbocycles. The Morgan fingerprint density at radius 3 is 2.64 bits per heavy atom. The average Bonchev–Trinajstić information content (AvgIpc) is 3.31. The van der Waals surface area contributed by atoms with Crippen molar-refractivity contribution in [1.82, 2.24) is 18.8 Å². The summed E-state index contributed by atoms with van der Waals surface area (Å²) < 4.78 is 72.3. The topological polar surface area (TPSA) is 134 Å². The first-order valence-electron chi connectivity index (χ1n) is 12.2. The van der Waals surface area contributed by atoms with Gasteiger partial charge >= 0.3 is 6.18 Å². The highest BCUT2D eigenvalue weighted by atomic mass is 32.2. The number of aliphatic hydroxyl groups excluding tert-OH is 1. The Balaban J connectivity index is 1.91. The number of likely N-dealkylation sites (N-methyl/N-ethyl adjacent to an activating group) is 1. The fourth-order valence-corrected chi connectivity index (χ4v) is 5.17. The quantitative estimate of drug-likeness (QED) is 0.469. The molecule has 1 aliphatic heterocycles. The van der Waals surface area contributed by atoms with Crippen molar-refractivity contribution in [2.24, 2.45) is 13.0 Å². The number of benzene rings is 1. The van der Waals surface area contributed by atoms with Crippen molar-refractivity contribution in [3.8, 4) is 5.75 Å². The number of anilines is 1. The predicted molar refractivity (Wildman–Crippen MR) is 135 cm³/mol. The molecule has 0 aliphatic carbocycles. The third kappa shape index (κ3) is 7.48. The molecule has 0 bridgehead atoms. The number of amides is 2. The number of ether oxygens (including phenoxy) is 1. The van der Waals surface area contributed by atoms with Crippen LogP contribution in [-0.2, 0) is 21.9 Å². The van der Waals surface area contributed by atoms with Crippen molar-refractivity contribution in [3.05, 3.63) is 36.3 Å². The van der Waals surface area contributed by atoms with E-state index in [9.17, 15) is 36.3 Å². The first-order chi connectivity index (χ1) is 18.1. The van der Waals surface area contributed by atoms with Crippen molar-refractivity contribution in [2.75, 3.05) is 32.1 Å². The number of nitrogens with zero attached hydrogens (tertiary/aromatic N) is 4. The number of nitrogens with one attached hydrogen (secondary N) is 1. The van der Waals surface area contributed by atoms with Gasteiger partial charge in [-0.2, -0.15) is 17.5 Å². The van der Waals surface area contributed by atoms with Crippen LogP contribution in [0.5, 0.6) is 5.75 Å². The number of aliphatic hydroxyl groups is 1. The molecule has 1 aromatic heterocycles. The first kappa shape index (κ1) is 30.4. The third-order valence-corrected chi connectivity index (χ3v) is 8.09. The molecule has 0 spiro atoms. The van der Waals surface area contributed by atoms with Crippen LogP contribution in [0.3, 0.4) is 0 Å². The zero-order valence-electron chi connectivity index (χ0n) is 22.0. The summed E-state index contributed by atoms with van der Waals surface area (Å²) in [5, 5.41) is 12.0. The molecule has 3 atom stereocenters. The molecule has 0 radical (unpaired) electrons. The van der Waals surface area contributed by atoms with E-state index < -0.39 is 53.0 Å². The number of imidazole rings is 1. The summed E-state index contributed by atoms with van der Waals surface area (Å²) >= 11 is 0. The maximum absolute atomic E-state index is 13.5. The number of carbonyl (C=O) groups is 2. The van der Waals surface area contributed by atoms with Crippen molar-refractivity contribution in [3.63, 3.8) is 0 Å². The number of aromatic nitrogens is 2. The Morgan fingerprint density at radius 1 is 1.36 bits per heavy atom. The maximum atomic E-state index is 13.5. The third-order valence-electron chi connectivity index (χ3n) is 6.38. The van der Waals surface area contributed by atoms with E-state index >= 15 is 0 Å². The number of rotatable bonds is 9. The van der Waals surface area contributed by atoms with Gasteiger partial charge in [0.25, 0.3) is 15.9 Å². The Kier molecular flexibility index (Phi) is 9.28. The minimum Gasteiger partial charge on any atom is -0.488 e. The van der Waals surface area contributed by atoms with Gasteiger partial charge in [-0.05, 0) is 25.1 Å². The van der Waals surface area contributed by atoms with E-state index in [0.29, 0.717) is 0 Å². The molecule has 39 heavy (non-hydrogen) atoms. The summed E-state index contributed by atoms with van der Waals surface area (Å²) in [4.78, 5) is 30.8. The fraction of sp³-hybridized carbons (Fsp3) is 0.542. The second-order valence-electron chi connectivity index (χ2n) is 9.66. The standard InChI is InChI=1S/C24H32F3N5O6S/c1-15-10-32(16(2)13-33)23(35)18-9-17(29-21(34)7-8-24(25,26)27)5-6-19(18)38-20(15)11-31(4)39(36,37)22-12-30(3)14-28-22/h5-6,9,12,14-16,20,33H,7-8,10-11,13H2,1-4H3,(H,29,34)/t15-,16+,20-/m1/s1. The summed E-state index contributed by atoms with van der Waals surface area (Å²) in [5.74, 6) is -1.67. The summed E-state index contributed by atoms with van der Waals surface area (Å²) in [6.07, 6.45) is -4.56. The first-order valence-corrected chi connectivity index (χ1v) is 13.6. The number of aryl methyl sites for hydroxylation is 1. The largest absolute Gasteiger partial charge is 0.488 e. The van der Waals surface area contributed by atoms with Crippen LogP contribution in [0.15, 0.2) is 35.7 Å². The van der Waals surface area contributed by atoms with Gasteiger partial charge in [-0.15, -0.1) is 0 Å². The normalized spacial score (nSPS) is 19.2. The van der Waals surface area contributed by atoms with Gasteiger partial charge in [-0.1, -0.05) is 6.92 Å². The lowest BCUT2D eigenvalue weighted by Crippen LogP contribution is -2.50. The molecule has 15 heteroatoms. The molecule has 2 amide bonds. The van der Waals surface area contributed by atoms with Gasteiger partial charge in [0.15, 0.2) is 5.03 Å². The molecule has 2 aromatic rings. The monoisotopic (exact) mass is 575 g/mol. The summed E-state index contributed by atoms with van der Waals surface area (Å²) in [5.41, 5.74) is 0.102. The zero-order valence-corrected chi connectivity index (χ0v) is 22.8. The van der Waals surface area contributed by atoms with Gasteiger partial charge in [0.2, 0.25) is 5.91 Å². The Morgan fingerprint density at radius 2 is 2.05 bits per heavy atom. The van der Waals surface area contributed by atoms with E-state index in [1.165, 1.54) is 47.2 Å². The lowest BCUT2D eigenvalue weighted by Gasteiger charge is -2.38. The number of alkyl halides is 3. The number of hydrogen-bond donors (Lipinski definition) is 2. The number of fused-ring (bicyclic) bond motifs is 1. The van der Waals surface area contributed by atoms with Crippen molar-refractivity contribution in [1.29, 1.82) is 0 Å². The predicted octanol–water partition coefficient (Wildman–Crippen LogP) is 2.24. The van der Waals surface area contributed by atoms with E-state index in [-0.39, 0.29) is 47.6 Å². The van der Waals surface area contributed by atoms with Crippen LogP contribution in [0.25, 0.3) is 0 Å². The van der Waals surface area contributed by atoms with Crippen LogP contribution in [0, 0.1) is 5.92 Å². The van der Waals surface area contributed by atoms with Gasteiger partial charge in [0, 0.05) is 44.9 Å². The van der Waals surface area contributed by atoms with Gasteiger partial charge in [0.1, 0.15) is 11.9 Å². The van der Waals surface area contributed by atoms with Crippen LogP contribution < -0.4 is 10.1 Å². The minimum atomic E-state index is -4.49. The van der Waals surface area contributed by atoms with Crippen LogP contribution in [-0.4, -0.2) is 89.2 Å². The number of halogens is 3. The Labute approximate surface area is 224 Å². The molecule has 11 nitrogen and oxygen atoms in total. The Bertz CT molecular complexity index is 1300. The smallest absolute Gasteiger partial charge is 0.389 e. The molecule has 1 aromatic carbocycles. The average molecular weight is 576 g/mol. The van der Waals surface area contributed by atoms with Crippen molar-refractivity contribution in [2.45, 2.75) is 50.0 Å². The molecule has 216 valence electrons. The Hall–Kier alpha value is -3.17. The van der Waals surface area contributed by atoms with Gasteiger partial charge < -0.3 is 24.6 Å². The second-order valence-corrected chi connectivity index (χ2v) is 11.7. The lowest BCUT2D eigenvalue weighted by molar-refractivity contribution is -0.142. The summed E-state index contributed by atoms with van der Waals surface area (Å²) in [7, 11) is -0.917. The van der Waals surface area contributed by atoms with Crippen molar-refractivity contribution < 1.29 is 41.0 Å². The maximum Gasteiger partial charge on any atom is 0.389 e. The van der Waals surface area contributed by atoms with Crippen LogP contribution in [0.4, 0.5) is 18.9 Å². The highest BCUT2D eigenvalue weighted by Gasteiger charge is 2.36. The second kappa shape index (κ2) is 11.9. The van der Waals surface area contributed by atoms with Crippen LogP contribution in [0.1, 0.15) is 37.0 Å². The molecule has 0 unspecified atom stereocenters. The van der Waals surface area contributed by atoms with E-state index in [1.807, 2.05) is 0 Å². The molecule has 3 rings (SSSR count). The molecular formula is C24H32F3N5O6S. The molecule has 2 N–H and O–H groups in total. The van der Waals surface area contributed by atoms with Gasteiger partial charge in [0.05, 0.1) is 37.5 Å². The van der Waals surface area contributed by atoms with E-state index in [1.54, 1.807) is 20.9 Å². The lowest BCUT2D eigenvalue weighted by atomic mass is 9.99. The zero-order chi connectivity index (χ0) is 29.1. The molecule has 0 fully saturated rings. The number of sulfonamides is 1. The molecule has 0 saturated heterocycles.